The van der Waals surface area contributed by atoms with Crippen molar-refractivity contribution in [3.8, 4) is 11.3 Å². The lowest BCUT2D eigenvalue weighted by Gasteiger charge is -1.95. The first kappa shape index (κ1) is 13.4. The maximum Gasteiger partial charge on any atom is 0.0919 e. The van der Waals surface area contributed by atoms with Crippen LogP contribution >= 0.6 is 0 Å². The Hall–Kier alpha value is -1.71. The van der Waals surface area contributed by atoms with Gasteiger partial charge in [-0.05, 0) is 6.92 Å². The van der Waals surface area contributed by atoms with E-state index in [0.29, 0.717) is 0 Å². The van der Waals surface area contributed by atoms with Crippen LogP contribution in [0.1, 0.15) is 32.4 Å². The molecule has 0 radical (unpaired) electrons. The van der Waals surface area contributed by atoms with Crippen LogP contribution in [0.2, 0.25) is 0 Å². The summed E-state index contributed by atoms with van der Waals surface area (Å²) in [4.78, 5) is 8.41. The van der Waals surface area contributed by atoms with Gasteiger partial charge in [0.2, 0.25) is 0 Å². The van der Waals surface area contributed by atoms with Crippen LogP contribution < -0.4 is 0 Å². The van der Waals surface area contributed by atoms with Crippen molar-refractivity contribution in [1.82, 2.24) is 19.7 Å². The third-order valence-electron chi connectivity index (χ3n) is 2.26. The smallest absolute Gasteiger partial charge is 0.0919 e. The molecule has 0 N–H and O–H groups in total. The molecule has 2 rings (SSSR count). The Morgan fingerprint density at radius 1 is 1.12 bits per heavy atom. The van der Waals surface area contributed by atoms with Gasteiger partial charge in [-0.1, -0.05) is 26.7 Å². The number of nitrogens with zero attached hydrogens (tertiary/aromatic N) is 4. The quantitative estimate of drug-likeness (QED) is 0.799. The summed E-state index contributed by atoms with van der Waals surface area (Å²) in [5, 5.41) is 4.07. The minimum absolute atomic E-state index is 0.869. The SMILES string of the molecule is CCCC.Cc1cncc(-c2cnn(C)c2)n1. The highest BCUT2D eigenvalue weighted by Crippen LogP contribution is 2.13. The van der Waals surface area contributed by atoms with Gasteiger partial charge in [0.25, 0.3) is 0 Å². The Kier molecular flexibility index (Phi) is 5.33. The summed E-state index contributed by atoms with van der Waals surface area (Å²) < 4.78 is 1.75. The Balaban J connectivity index is 0.000000317. The summed E-state index contributed by atoms with van der Waals surface area (Å²) in [5.74, 6) is 0. The molecule has 0 spiro atoms. The predicted molar refractivity (Wildman–Crippen MR) is 69.6 cm³/mol. The first-order valence-electron chi connectivity index (χ1n) is 5.95. The Bertz CT molecular complexity index is 446. The summed E-state index contributed by atoms with van der Waals surface area (Å²) >= 11 is 0. The number of hydrogen-bond acceptors (Lipinski definition) is 3. The molecule has 0 atom stereocenters. The van der Waals surface area contributed by atoms with Gasteiger partial charge in [-0.3, -0.25) is 9.67 Å². The van der Waals surface area contributed by atoms with E-state index in [4.69, 9.17) is 0 Å². The van der Waals surface area contributed by atoms with Crippen LogP contribution in [0.4, 0.5) is 0 Å². The van der Waals surface area contributed by atoms with Crippen molar-refractivity contribution in [1.29, 1.82) is 0 Å². The maximum absolute atomic E-state index is 4.34. The highest BCUT2D eigenvalue weighted by molar-refractivity contribution is 5.55. The summed E-state index contributed by atoms with van der Waals surface area (Å²) in [5.41, 5.74) is 2.79. The van der Waals surface area contributed by atoms with Gasteiger partial charge in [0.05, 0.1) is 23.8 Å². The molecule has 2 heterocycles. The van der Waals surface area contributed by atoms with E-state index < -0.39 is 0 Å². The lowest BCUT2D eigenvalue weighted by molar-refractivity contribution is 0.768. The van der Waals surface area contributed by atoms with Gasteiger partial charge in [0.15, 0.2) is 0 Å². The molecule has 0 aromatic carbocycles. The monoisotopic (exact) mass is 232 g/mol. The van der Waals surface area contributed by atoms with Gasteiger partial charge in [-0.15, -0.1) is 0 Å². The molecule has 0 aliphatic heterocycles. The van der Waals surface area contributed by atoms with Crippen LogP contribution in [0.25, 0.3) is 11.3 Å². The second-order valence-electron chi connectivity index (χ2n) is 3.95. The fraction of sp³-hybridized carbons (Fsp3) is 0.462. The molecule has 0 aliphatic carbocycles. The largest absolute Gasteiger partial charge is 0.275 e. The molecule has 0 saturated carbocycles. The van der Waals surface area contributed by atoms with Gasteiger partial charge >= 0.3 is 0 Å². The van der Waals surface area contributed by atoms with E-state index in [1.165, 1.54) is 12.8 Å². The first-order valence-corrected chi connectivity index (χ1v) is 5.95. The second kappa shape index (κ2) is 6.78. The summed E-state index contributed by atoms with van der Waals surface area (Å²) in [6.45, 7) is 6.28. The van der Waals surface area contributed by atoms with Gasteiger partial charge in [0, 0.05) is 25.0 Å². The third kappa shape index (κ3) is 4.34. The zero-order valence-electron chi connectivity index (χ0n) is 11.0. The second-order valence-corrected chi connectivity index (χ2v) is 3.95. The van der Waals surface area contributed by atoms with Crippen LogP contribution in [0, 0.1) is 6.92 Å². The van der Waals surface area contributed by atoms with Crippen LogP contribution in [0.15, 0.2) is 24.8 Å². The molecule has 0 aliphatic rings. The summed E-state index contributed by atoms with van der Waals surface area (Å²) in [6.07, 6.45) is 9.82. The molecule has 2 aromatic heterocycles. The third-order valence-corrected chi connectivity index (χ3v) is 2.26. The van der Waals surface area contributed by atoms with Gasteiger partial charge in [-0.25, -0.2) is 4.98 Å². The summed E-state index contributed by atoms with van der Waals surface area (Å²) in [6, 6.07) is 0. The predicted octanol–water partition coefficient (Wildman–Crippen LogP) is 2.99. The molecular weight excluding hydrogens is 212 g/mol. The number of aryl methyl sites for hydroxylation is 2. The van der Waals surface area contributed by atoms with E-state index in [2.05, 4.69) is 28.9 Å². The van der Waals surface area contributed by atoms with Crippen molar-refractivity contribution in [3.05, 3.63) is 30.5 Å². The van der Waals surface area contributed by atoms with E-state index >= 15 is 0 Å². The van der Waals surface area contributed by atoms with E-state index in [1.54, 1.807) is 23.3 Å². The first-order chi connectivity index (χ1) is 8.17. The van der Waals surface area contributed by atoms with Crippen LogP contribution in [0.3, 0.4) is 0 Å². The Morgan fingerprint density at radius 3 is 2.29 bits per heavy atom. The molecule has 17 heavy (non-hydrogen) atoms. The number of aromatic nitrogens is 4. The number of unbranched alkanes of at least 4 members (excludes halogenated alkanes) is 1. The minimum Gasteiger partial charge on any atom is -0.275 e. The molecule has 4 nitrogen and oxygen atoms in total. The van der Waals surface area contributed by atoms with Crippen LogP contribution in [0.5, 0.6) is 0 Å². The zero-order chi connectivity index (χ0) is 12.7. The highest BCUT2D eigenvalue weighted by Gasteiger charge is 2.01. The van der Waals surface area contributed by atoms with Crippen molar-refractivity contribution in [2.24, 2.45) is 7.05 Å². The van der Waals surface area contributed by atoms with Gasteiger partial charge in [0.1, 0.15) is 0 Å². The molecule has 92 valence electrons. The van der Waals surface area contributed by atoms with E-state index in [1.807, 2.05) is 20.2 Å². The Labute approximate surface area is 103 Å². The average molecular weight is 232 g/mol. The van der Waals surface area contributed by atoms with Gasteiger partial charge < -0.3 is 0 Å². The molecule has 0 bridgehead atoms. The minimum atomic E-state index is 0.869. The lowest BCUT2D eigenvalue weighted by Crippen LogP contribution is -1.87. The average Bonchev–Trinajstić information content (AvgIpc) is 2.76. The van der Waals surface area contributed by atoms with Crippen LogP contribution in [-0.4, -0.2) is 19.7 Å². The molecule has 2 aromatic rings. The van der Waals surface area contributed by atoms with E-state index in [9.17, 15) is 0 Å². The van der Waals surface area contributed by atoms with Crippen LogP contribution in [-0.2, 0) is 7.05 Å². The zero-order valence-corrected chi connectivity index (χ0v) is 11.0. The Morgan fingerprint density at radius 2 is 1.82 bits per heavy atom. The molecule has 0 saturated heterocycles. The fourth-order valence-corrected chi connectivity index (χ4v) is 1.16. The molecule has 0 fully saturated rings. The fourth-order valence-electron chi connectivity index (χ4n) is 1.16. The summed E-state index contributed by atoms with van der Waals surface area (Å²) in [7, 11) is 1.88. The molecule has 0 amide bonds. The van der Waals surface area contributed by atoms with Crippen molar-refractivity contribution in [3.63, 3.8) is 0 Å². The lowest BCUT2D eigenvalue weighted by atomic mass is 10.2. The highest BCUT2D eigenvalue weighted by atomic mass is 15.2. The van der Waals surface area contributed by atoms with E-state index in [0.717, 1.165) is 17.0 Å². The van der Waals surface area contributed by atoms with Crippen molar-refractivity contribution < 1.29 is 0 Å². The molecule has 0 unspecified atom stereocenters. The maximum atomic E-state index is 4.34. The van der Waals surface area contributed by atoms with Gasteiger partial charge in [-0.2, -0.15) is 5.10 Å². The van der Waals surface area contributed by atoms with E-state index in [-0.39, 0.29) is 0 Å². The van der Waals surface area contributed by atoms with Crippen molar-refractivity contribution in [2.75, 3.05) is 0 Å². The normalized spacial score (nSPS) is 9.65. The molecular formula is C13H20N4. The molecule has 4 heteroatoms. The number of rotatable bonds is 2. The topological polar surface area (TPSA) is 43.6 Å². The van der Waals surface area contributed by atoms with Crippen molar-refractivity contribution >= 4 is 0 Å². The van der Waals surface area contributed by atoms with Crippen molar-refractivity contribution in [2.45, 2.75) is 33.6 Å². The number of hydrogen-bond donors (Lipinski definition) is 0. The standard InChI is InChI=1S/C9H10N4.C4H10/c1-7-3-10-5-9(12-7)8-4-11-13(2)6-8;1-3-4-2/h3-6H,1-2H3;3-4H2,1-2H3.